The summed E-state index contributed by atoms with van der Waals surface area (Å²) in [7, 11) is -6.88. The van der Waals surface area contributed by atoms with Gasteiger partial charge in [-0.3, -0.25) is 0 Å². The zero-order valence-electron chi connectivity index (χ0n) is 11.5. The molecule has 11 heteroatoms. The van der Waals surface area contributed by atoms with Crippen molar-refractivity contribution in [3.63, 3.8) is 0 Å². The van der Waals surface area contributed by atoms with E-state index in [0.29, 0.717) is 5.56 Å². The topological polar surface area (TPSA) is 72.8 Å². The fourth-order valence-corrected chi connectivity index (χ4v) is 1.70. The number of hydrogen-bond donors (Lipinski definition) is 1. The lowest BCUT2D eigenvalue weighted by Gasteiger charge is -2.23. The highest BCUT2D eigenvalue weighted by atomic mass is 32.3. The third-order valence-electron chi connectivity index (χ3n) is 2.52. The molecule has 1 rings (SSSR count). The Labute approximate surface area is 128 Å². The van der Waals surface area contributed by atoms with E-state index < -0.39 is 40.9 Å². The first-order chi connectivity index (χ1) is 10.5. The van der Waals surface area contributed by atoms with Gasteiger partial charge in [-0.25, -0.2) is 0 Å². The number of hydrogen-bond acceptors (Lipinski definition) is 5. The molecule has 0 fully saturated rings. The second kappa shape index (κ2) is 7.51. The lowest BCUT2D eigenvalue weighted by molar-refractivity contribution is -0.324. The van der Waals surface area contributed by atoms with Gasteiger partial charge in [-0.05, 0) is 5.56 Å². The van der Waals surface area contributed by atoms with Crippen molar-refractivity contribution in [1.29, 1.82) is 0 Å². The van der Waals surface area contributed by atoms with E-state index >= 15 is 0 Å². The molecule has 0 aromatic heterocycles. The summed E-state index contributed by atoms with van der Waals surface area (Å²) in [6.45, 7) is -1.91. The Bertz CT molecular complexity index is 593. The second-order valence-electron chi connectivity index (χ2n) is 4.44. The number of aliphatic hydroxyl groups excluding tert-OH is 1. The van der Waals surface area contributed by atoms with Crippen LogP contribution in [0.4, 0.5) is 21.4 Å². The maximum Gasteiger partial charge on any atom is 0.464 e. The molecule has 0 aliphatic carbocycles. The molecule has 0 saturated heterocycles. The van der Waals surface area contributed by atoms with Crippen molar-refractivity contribution in [2.45, 2.75) is 24.1 Å². The minimum Gasteiger partial charge on any atom is -0.388 e. The van der Waals surface area contributed by atoms with Gasteiger partial charge in [-0.1, -0.05) is 34.2 Å². The zero-order chi connectivity index (χ0) is 17.7. The predicted octanol–water partition coefficient (Wildman–Crippen LogP) is 2.07. The molecule has 23 heavy (non-hydrogen) atoms. The summed E-state index contributed by atoms with van der Waals surface area (Å²) in [6.07, 6.45) is -7.39. The molecule has 0 aliphatic rings. The summed E-state index contributed by atoms with van der Waals surface area (Å²) in [5.41, 5.74) is 0.709. The summed E-state index contributed by atoms with van der Waals surface area (Å²) in [5.74, 6) is 0. The second-order valence-corrected chi connectivity index (χ2v) is 5.83. The quantitative estimate of drug-likeness (QED) is 0.536. The number of ether oxygens (including phenoxy) is 2. The van der Waals surface area contributed by atoms with Gasteiger partial charge in [-0.2, -0.15) is 26.0 Å². The highest BCUT2D eigenvalue weighted by Crippen LogP contribution is 2.40. The molecule has 0 radical (unpaired) electrons. The first-order valence-corrected chi connectivity index (χ1v) is 7.49. The van der Waals surface area contributed by atoms with E-state index in [9.17, 15) is 35.0 Å². The fourth-order valence-electron chi connectivity index (χ4n) is 1.36. The summed E-state index contributed by atoms with van der Waals surface area (Å²) < 4.78 is 91.6. The normalized spacial score (nSPS) is 14.7. The minimum absolute atomic E-state index is 0.0172. The average Bonchev–Trinajstić information content (AvgIpc) is 2.45. The monoisotopic (exact) mass is 364 g/mol. The van der Waals surface area contributed by atoms with Gasteiger partial charge in [0, 0.05) is 0 Å². The predicted molar refractivity (Wildman–Crippen MR) is 68.0 cm³/mol. The van der Waals surface area contributed by atoms with E-state index in [4.69, 9.17) is 4.74 Å². The van der Waals surface area contributed by atoms with E-state index in [0.717, 1.165) is 0 Å². The number of benzene rings is 1. The van der Waals surface area contributed by atoms with Crippen LogP contribution in [0.15, 0.2) is 30.3 Å². The standard InChI is InChI=1S/C12H13F5O5S/c13-11(14,12(15,16)23(17,19)20)22-8-10(18)7-21-6-9-4-2-1-3-5-9/h1-5,10,18H,6-8H2. The Morgan fingerprint density at radius 2 is 1.65 bits per heavy atom. The van der Waals surface area contributed by atoms with E-state index in [2.05, 4.69) is 4.74 Å². The molecule has 1 aromatic rings. The van der Waals surface area contributed by atoms with Crippen molar-refractivity contribution in [1.82, 2.24) is 0 Å². The molecule has 0 aliphatic heterocycles. The minimum atomic E-state index is -6.88. The average molecular weight is 364 g/mol. The molecule has 0 amide bonds. The summed E-state index contributed by atoms with van der Waals surface area (Å²) in [5, 5.41) is 3.22. The Morgan fingerprint density at radius 3 is 2.17 bits per heavy atom. The van der Waals surface area contributed by atoms with Crippen LogP contribution in [0.2, 0.25) is 0 Å². The molecule has 0 bridgehead atoms. The van der Waals surface area contributed by atoms with Gasteiger partial charge < -0.3 is 14.6 Å². The summed E-state index contributed by atoms with van der Waals surface area (Å²) >= 11 is 0. The fraction of sp³-hybridized carbons (Fsp3) is 0.500. The SMILES string of the molecule is O=S(=O)(F)C(F)(F)C(F)(F)OCC(O)COCc1ccccc1. The highest BCUT2D eigenvalue weighted by Gasteiger charge is 2.68. The Hall–Kier alpha value is -1.30. The van der Waals surface area contributed by atoms with Crippen molar-refractivity contribution in [2.75, 3.05) is 13.2 Å². The van der Waals surface area contributed by atoms with Gasteiger partial charge in [0.1, 0.15) is 6.10 Å². The maximum atomic E-state index is 12.9. The van der Waals surface area contributed by atoms with Crippen LogP contribution in [-0.2, 0) is 26.3 Å². The third kappa shape index (κ3) is 5.37. The van der Waals surface area contributed by atoms with Crippen LogP contribution < -0.4 is 0 Å². The van der Waals surface area contributed by atoms with Gasteiger partial charge in [0.25, 0.3) is 0 Å². The van der Waals surface area contributed by atoms with Gasteiger partial charge in [0.05, 0.1) is 19.8 Å². The molecule has 1 aromatic carbocycles. The van der Waals surface area contributed by atoms with Crippen molar-refractivity contribution in [3.8, 4) is 0 Å². The van der Waals surface area contributed by atoms with Crippen LogP contribution >= 0.6 is 0 Å². The van der Waals surface area contributed by atoms with Gasteiger partial charge in [0.15, 0.2) is 0 Å². The first-order valence-electron chi connectivity index (χ1n) is 6.11. The van der Waals surface area contributed by atoms with E-state index in [-0.39, 0.29) is 6.61 Å². The smallest absolute Gasteiger partial charge is 0.388 e. The van der Waals surface area contributed by atoms with Crippen molar-refractivity contribution in [3.05, 3.63) is 35.9 Å². The number of alkyl halides is 4. The molecule has 0 saturated carbocycles. The molecule has 132 valence electrons. The molecule has 1 atom stereocenters. The summed E-state index contributed by atoms with van der Waals surface area (Å²) in [6, 6.07) is 8.53. The summed E-state index contributed by atoms with van der Waals surface area (Å²) in [4.78, 5) is 0. The molecule has 5 nitrogen and oxygen atoms in total. The number of halogens is 5. The maximum absolute atomic E-state index is 12.9. The lowest BCUT2D eigenvalue weighted by Crippen LogP contribution is -2.48. The number of rotatable bonds is 9. The highest BCUT2D eigenvalue weighted by molar-refractivity contribution is 7.87. The first kappa shape index (κ1) is 19.7. The Morgan fingerprint density at radius 1 is 1.09 bits per heavy atom. The van der Waals surface area contributed by atoms with Crippen molar-refractivity contribution >= 4 is 10.2 Å². The van der Waals surface area contributed by atoms with Crippen LogP contribution in [0, 0.1) is 0 Å². The van der Waals surface area contributed by atoms with Gasteiger partial charge in [0.2, 0.25) is 0 Å². The molecule has 1 unspecified atom stereocenters. The molecule has 0 spiro atoms. The van der Waals surface area contributed by atoms with Crippen molar-refractivity contribution < 1.29 is 44.4 Å². The Balaban J connectivity index is 2.44. The van der Waals surface area contributed by atoms with E-state index in [1.54, 1.807) is 30.3 Å². The van der Waals surface area contributed by atoms with Gasteiger partial charge in [-0.15, -0.1) is 0 Å². The van der Waals surface area contributed by atoms with Crippen molar-refractivity contribution in [2.24, 2.45) is 0 Å². The lowest BCUT2D eigenvalue weighted by atomic mass is 10.2. The van der Waals surface area contributed by atoms with Crippen LogP contribution in [-0.4, -0.2) is 44.2 Å². The van der Waals surface area contributed by atoms with Crippen LogP contribution in [0.1, 0.15) is 5.56 Å². The zero-order valence-corrected chi connectivity index (χ0v) is 12.3. The molecular formula is C12H13F5O5S. The van der Waals surface area contributed by atoms with E-state index in [1.807, 2.05) is 0 Å². The third-order valence-corrected chi connectivity index (χ3v) is 3.37. The Kier molecular flexibility index (Phi) is 6.45. The molecular weight excluding hydrogens is 351 g/mol. The van der Waals surface area contributed by atoms with E-state index in [1.165, 1.54) is 0 Å². The molecule has 1 N–H and O–H groups in total. The van der Waals surface area contributed by atoms with Gasteiger partial charge >= 0.3 is 21.6 Å². The molecule has 0 heterocycles. The van der Waals surface area contributed by atoms with Crippen LogP contribution in [0.5, 0.6) is 0 Å². The largest absolute Gasteiger partial charge is 0.464 e. The number of aliphatic hydroxyl groups is 1. The van der Waals surface area contributed by atoms with Crippen LogP contribution in [0.25, 0.3) is 0 Å². The van der Waals surface area contributed by atoms with Crippen LogP contribution in [0.3, 0.4) is 0 Å².